The Kier molecular flexibility index (Phi) is 7.08. The molecule has 176 valence electrons. The summed E-state index contributed by atoms with van der Waals surface area (Å²) in [5.74, 6) is -0.323. The number of carbonyl (C=O) groups is 1. The Morgan fingerprint density at radius 1 is 1.06 bits per heavy atom. The third-order valence-electron chi connectivity index (χ3n) is 5.21. The summed E-state index contributed by atoms with van der Waals surface area (Å²) in [6, 6.07) is 10.5. The Morgan fingerprint density at radius 3 is 2.44 bits per heavy atom. The Labute approximate surface area is 194 Å². The number of nitrogens with one attached hydrogen (secondary N) is 2. The zero-order valence-electron chi connectivity index (χ0n) is 18.2. The zero-order chi connectivity index (χ0) is 23.9. The van der Waals surface area contributed by atoms with E-state index in [2.05, 4.69) is 30.5 Å². The molecule has 1 aliphatic heterocycles. The van der Waals surface area contributed by atoms with Crippen LogP contribution in [0.3, 0.4) is 0 Å². The number of nitro groups is 1. The lowest BCUT2D eigenvalue weighted by atomic mass is 10.1. The van der Waals surface area contributed by atoms with Gasteiger partial charge in [-0.05, 0) is 18.2 Å². The van der Waals surface area contributed by atoms with Crippen molar-refractivity contribution in [3.8, 4) is 11.3 Å². The van der Waals surface area contributed by atoms with Crippen LogP contribution < -0.4 is 15.5 Å². The highest BCUT2D eigenvalue weighted by Gasteiger charge is 2.17. The van der Waals surface area contributed by atoms with Gasteiger partial charge in [0.05, 0.1) is 23.8 Å². The number of anilines is 3. The van der Waals surface area contributed by atoms with Crippen molar-refractivity contribution in [3.63, 3.8) is 0 Å². The average molecular weight is 465 g/mol. The predicted molar refractivity (Wildman–Crippen MR) is 125 cm³/mol. The van der Waals surface area contributed by atoms with E-state index in [1.165, 1.54) is 24.5 Å². The second-order valence-corrected chi connectivity index (χ2v) is 7.42. The van der Waals surface area contributed by atoms with E-state index in [-0.39, 0.29) is 17.2 Å². The number of hydrogen-bond donors (Lipinski definition) is 3. The second kappa shape index (κ2) is 10.5. The molecule has 12 nitrogen and oxygen atoms in total. The van der Waals surface area contributed by atoms with Gasteiger partial charge >= 0.3 is 5.97 Å². The zero-order valence-corrected chi connectivity index (χ0v) is 18.2. The molecule has 1 aromatic carbocycles. The molecule has 0 saturated carbocycles. The number of aromatic nitrogens is 3. The van der Waals surface area contributed by atoms with E-state index in [9.17, 15) is 20.0 Å². The Hall–Kier alpha value is -4.32. The SMILES string of the molecule is O=C(O)c1cnc(NCCNc2ccc([N+](=O)[O-])cn2)nc1-c1ccc(N2CCOCC2)cc1. The largest absolute Gasteiger partial charge is 0.478 e. The molecule has 0 atom stereocenters. The van der Waals surface area contributed by atoms with Crippen molar-refractivity contribution in [1.29, 1.82) is 0 Å². The standard InChI is InChI=1S/C22H23N7O5/c30-21(31)18-14-26-22(24-8-7-23-19-6-5-17(13-25-19)29(32)33)27-20(18)15-1-3-16(4-2-15)28-9-11-34-12-10-28/h1-6,13-14H,7-12H2,(H,23,25)(H,30,31)(H,24,26,27). The first-order valence-electron chi connectivity index (χ1n) is 10.6. The molecular formula is C22H23N7O5. The number of carboxylic acid groups (broad SMARTS) is 1. The normalized spacial score (nSPS) is 13.4. The number of aromatic carboxylic acids is 1. The summed E-state index contributed by atoms with van der Waals surface area (Å²) in [7, 11) is 0. The van der Waals surface area contributed by atoms with Crippen molar-refractivity contribution in [2.45, 2.75) is 0 Å². The number of morpholine rings is 1. The van der Waals surface area contributed by atoms with Crippen LogP contribution in [0.15, 0.2) is 48.8 Å². The third-order valence-corrected chi connectivity index (χ3v) is 5.21. The van der Waals surface area contributed by atoms with Crippen LogP contribution in [0.5, 0.6) is 0 Å². The fraction of sp³-hybridized carbons (Fsp3) is 0.273. The first kappa shape index (κ1) is 22.9. The second-order valence-electron chi connectivity index (χ2n) is 7.42. The van der Waals surface area contributed by atoms with Gasteiger partial charge in [0.1, 0.15) is 17.6 Å². The summed E-state index contributed by atoms with van der Waals surface area (Å²) in [5, 5.41) is 26.4. The summed E-state index contributed by atoms with van der Waals surface area (Å²) in [6.45, 7) is 3.84. The molecule has 0 amide bonds. The lowest BCUT2D eigenvalue weighted by Crippen LogP contribution is -2.36. The lowest BCUT2D eigenvalue weighted by molar-refractivity contribution is -0.385. The van der Waals surface area contributed by atoms with E-state index in [0.717, 1.165) is 18.8 Å². The maximum atomic E-state index is 11.7. The quantitative estimate of drug-likeness (QED) is 0.242. The van der Waals surface area contributed by atoms with Crippen molar-refractivity contribution in [1.82, 2.24) is 15.0 Å². The van der Waals surface area contributed by atoms with Crippen LogP contribution in [0.2, 0.25) is 0 Å². The fourth-order valence-corrected chi connectivity index (χ4v) is 3.46. The van der Waals surface area contributed by atoms with Crippen molar-refractivity contribution in [2.75, 3.05) is 54.9 Å². The highest BCUT2D eigenvalue weighted by atomic mass is 16.6. The van der Waals surface area contributed by atoms with Gasteiger partial charge in [-0.1, -0.05) is 12.1 Å². The summed E-state index contributed by atoms with van der Waals surface area (Å²) < 4.78 is 5.38. The summed E-state index contributed by atoms with van der Waals surface area (Å²) in [4.78, 5) is 36.6. The molecule has 3 N–H and O–H groups in total. The summed E-state index contributed by atoms with van der Waals surface area (Å²) >= 11 is 0. The number of ether oxygens (including phenoxy) is 1. The van der Waals surface area contributed by atoms with Crippen LogP contribution >= 0.6 is 0 Å². The molecule has 0 radical (unpaired) electrons. The topological polar surface area (TPSA) is 156 Å². The van der Waals surface area contributed by atoms with Crippen LogP contribution in [0.4, 0.5) is 23.1 Å². The van der Waals surface area contributed by atoms with Crippen LogP contribution in [0.25, 0.3) is 11.3 Å². The van der Waals surface area contributed by atoms with Gasteiger partial charge in [0, 0.05) is 49.7 Å². The molecule has 34 heavy (non-hydrogen) atoms. The molecule has 4 rings (SSSR count). The van der Waals surface area contributed by atoms with E-state index >= 15 is 0 Å². The molecule has 1 aliphatic rings. The molecule has 12 heteroatoms. The summed E-state index contributed by atoms with van der Waals surface area (Å²) in [5.41, 5.74) is 1.97. The van der Waals surface area contributed by atoms with Gasteiger partial charge in [0.15, 0.2) is 0 Å². The highest BCUT2D eigenvalue weighted by molar-refractivity contribution is 5.94. The maximum absolute atomic E-state index is 11.7. The molecule has 0 bridgehead atoms. The van der Waals surface area contributed by atoms with Crippen molar-refractivity contribution in [2.24, 2.45) is 0 Å². The van der Waals surface area contributed by atoms with Crippen molar-refractivity contribution in [3.05, 3.63) is 64.5 Å². The van der Waals surface area contributed by atoms with Crippen molar-refractivity contribution < 1.29 is 19.6 Å². The van der Waals surface area contributed by atoms with E-state index in [1.54, 1.807) is 0 Å². The predicted octanol–water partition coefficient (Wildman–Crippen LogP) is 2.51. The molecule has 1 fully saturated rings. The van der Waals surface area contributed by atoms with Crippen LogP contribution in [-0.4, -0.2) is 70.3 Å². The van der Waals surface area contributed by atoms with Gasteiger partial charge < -0.3 is 25.4 Å². The Morgan fingerprint density at radius 2 is 1.79 bits per heavy atom. The van der Waals surface area contributed by atoms with Gasteiger partial charge in [-0.2, -0.15) is 0 Å². The van der Waals surface area contributed by atoms with Gasteiger partial charge in [0.2, 0.25) is 5.95 Å². The van der Waals surface area contributed by atoms with Gasteiger partial charge in [-0.15, -0.1) is 0 Å². The lowest BCUT2D eigenvalue weighted by Gasteiger charge is -2.28. The Balaban J connectivity index is 1.41. The van der Waals surface area contributed by atoms with Crippen LogP contribution in [0.1, 0.15) is 10.4 Å². The van der Waals surface area contributed by atoms with Crippen molar-refractivity contribution >= 4 is 29.1 Å². The molecule has 0 spiro atoms. The minimum absolute atomic E-state index is 0.0119. The van der Waals surface area contributed by atoms with E-state index in [4.69, 9.17) is 4.74 Å². The van der Waals surface area contributed by atoms with E-state index in [1.807, 2.05) is 24.3 Å². The van der Waals surface area contributed by atoms with E-state index in [0.29, 0.717) is 43.4 Å². The minimum atomic E-state index is -1.11. The monoisotopic (exact) mass is 465 g/mol. The molecular weight excluding hydrogens is 442 g/mol. The minimum Gasteiger partial charge on any atom is -0.478 e. The van der Waals surface area contributed by atoms with Gasteiger partial charge in [-0.25, -0.2) is 19.7 Å². The highest BCUT2D eigenvalue weighted by Crippen LogP contribution is 2.26. The molecule has 0 unspecified atom stereocenters. The Bertz CT molecular complexity index is 1150. The first-order chi connectivity index (χ1) is 16.5. The molecule has 1 saturated heterocycles. The van der Waals surface area contributed by atoms with Crippen LogP contribution in [-0.2, 0) is 4.74 Å². The van der Waals surface area contributed by atoms with Gasteiger partial charge in [-0.3, -0.25) is 10.1 Å². The molecule has 0 aliphatic carbocycles. The number of hydrogen-bond acceptors (Lipinski definition) is 10. The first-order valence-corrected chi connectivity index (χ1v) is 10.6. The van der Waals surface area contributed by atoms with Gasteiger partial charge in [0.25, 0.3) is 5.69 Å². The number of pyridine rings is 1. The molecule has 3 heterocycles. The number of benzene rings is 1. The maximum Gasteiger partial charge on any atom is 0.339 e. The molecule has 3 aromatic rings. The number of rotatable bonds is 9. The number of carboxylic acids is 1. The van der Waals surface area contributed by atoms with Crippen LogP contribution in [0, 0.1) is 10.1 Å². The number of nitrogens with zero attached hydrogens (tertiary/aromatic N) is 5. The average Bonchev–Trinajstić information content (AvgIpc) is 2.87. The smallest absolute Gasteiger partial charge is 0.339 e. The summed E-state index contributed by atoms with van der Waals surface area (Å²) in [6.07, 6.45) is 2.47. The third kappa shape index (κ3) is 5.53. The fourth-order valence-electron chi connectivity index (χ4n) is 3.46. The van der Waals surface area contributed by atoms with E-state index < -0.39 is 10.9 Å². The molecule has 2 aromatic heterocycles.